The van der Waals surface area contributed by atoms with Gasteiger partial charge in [-0.3, -0.25) is 4.79 Å². The molecule has 1 aromatic carbocycles. The number of hydrogen-bond acceptors (Lipinski definition) is 8. The normalized spacial score (nSPS) is 14.6. The van der Waals surface area contributed by atoms with Crippen LogP contribution in [0.5, 0.6) is 5.75 Å². The van der Waals surface area contributed by atoms with E-state index in [4.69, 9.17) is 11.0 Å². The van der Waals surface area contributed by atoms with Crippen molar-refractivity contribution < 1.29 is 22.7 Å². The van der Waals surface area contributed by atoms with Gasteiger partial charge >= 0.3 is 6.36 Å². The zero-order valence-corrected chi connectivity index (χ0v) is 17.4. The number of ether oxygens (including phenoxy) is 1. The molecular formula is C19H16F3N7O2S. The molecule has 1 amide bonds. The number of amides is 1. The fourth-order valence-corrected chi connectivity index (χ4v) is 3.79. The number of nitrogens with one attached hydrogen (secondary N) is 1. The summed E-state index contributed by atoms with van der Waals surface area (Å²) in [6.07, 6.45) is -1.81. The number of aromatic nitrogens is 4. The van der Waals surface area contributed by atoms with Gasteiger partial charge in [-0.25, -0.2) is 4.98 Å². The van der Waals surface area contributed by atoms with Gasteiger partial charge in [-0.05, 0) is 49.4 Å². The van der Waals surface area contributed by atoms with Gasteiger partial charge in [0.1, 0.15) is 16.7 Å². The second-order valence-electron chi connectivity index (χ2n) is 7.17. The molecule has 166 valence electrons. The van der Waals surface area contributed by atoms with Crippen LogP contribution >= 0.6 is 11.3 Å². The molecule has 1 saturated carbocycles. The standard InChI is InChI=1S/C19H16F3N7O2S/c1-9(15-27-17(24)28-29(15)18-25-8-14(7-23)32-18)26-16(30)12-4-11(10-2-3-10)5-13(6-12)31-19(20,21)22/h4-6,8-10H,2-3H2,1H3,(H2,24,28)(H,26,30)/t9-/m0/s1. The number of rotatable bonds is 6. The molecule has 1 aliphatic rings. The highest BCUT2D eigenvalue weighted by atomic mass is 32.1. The first-order chi connectivity index (χ1) is 15.1. The highest BCUT2D eigenvalue weighted by Crippen LogP contribution is 2.42. The number of halogens is 3. The molecule has 2 heterocycles. The van der Waals surface area contributed by atoms with Crippen LogP contribution in [0.15, 0.2) is 24.4 Å². The number of nitrogens with zero attached hydrogens (tertiary/aromatic N) is 5. The van der Waals surface area contributed by atoms with Gasteiger partial charge in [-0.2, -0.15) is 14.9 Å². The van der Waals surface area contributed by atoms with Gasteiger partial charge in [0, 0.05) is 5.56 Å². The van der Waals surface area contributed by atoms with Gasteiger partial charge in [-0.15, -0.1) is 18.3 Å². The van der Waals surface area contributed by atoms with Gasteiger partial charge in [0.05, 0.1) is 12.2 Å². The molecule has 4 rings (SSSR count). The van der Waals surface area contributed by atoms with Gasteiger partial charge in [0.2, 0.25) is 11.1 Å². The fraction of sp³-hybridized carbons (Fsp3) is 0.316. The monoisotopic (exact) mass is 463 g/mol. The third-order valence-electron chi connectivity index (χ3n) is 4.64. The van der Waals surface area contributed by atoms with Crippen molar-refractivity contribution in [2.75, 3.05) is 5.73 Å². The Balaban J connectivity index is 1.59. The van der Waals surface area contributed by atoms with Crippen LogP contribution < -0.4 is 15.8 Å². The van der Waals surface area contributed by atoms with E-state index in [1.54, 1.807) is 13.0 Å². The molecule has 1 fully saturated rings. The van der Waals surface area contributed by atoms with Crippen molar-refractivity contribution in [2.24, 2.45) is 0 Å². The molecule has 0 saturated heterocycles. The van der Waals surface area contributed by atoms with E-state index in [1.807, 2.05) is 6.07 Å². The summed E-state index contributed by atoms with van der Waals surface area (Å²) in [5.74, 6) is -0.764. The van der Waals surface area contributed by atoms with Crippen LogP contribution in [0.3, 0.4) is 0 Å². The summed E-state index contributed by atoms with van der Waals surface area (Å²) < 4.78 is 43.5. The highest BCUT2D eigenvalue weighted by Gasteiger charge is 2.33. The predicted octanol–water partition coefficient (Wildman–Crippen LogP) is 3.44. The number of anilines is 1. The van der Waals surface area contributed by atoms with Crippen LogP contribution in [-0.2, 0) is 0 Å². The molecule has 0 aliphatic heterocycles. The molecule has 0 bridgehead atoms. The molecule has 1 atom stereocenters. The third kappa shape index (κ3) is 4.80. The number of thiazole rings is 1. The summed E-state index contributed by atoms with van der Waals surface area (Å²) in [7, 11) is 0. The van der Waals surface area contributed by atoms with E-state index in [9.17, 15) is 18.0 Å². The van der Waals surface area contributed by atoms with Gasteiger partial charge < -0.3 is 15.8 Å². The number of nitriles is 1. The summed E-state index contributed by atoms with van der Waals surface area (Å²) in [6.45, 7) is 1.62. The minimum absolute atomic E-state index is 0.0283. The van der Waals surface area contributed by atoms with Gasteiger partial charge in [-0.1, -0.05) is 11.3 Å². The Morgan fingerprint density at radius 1 is 1.41 bits per heavy atom. The van der Waals surface area contributed by atoms with Crippen LogP contribution in [0.1, 0.15) is 58.3 Å². The Bertz CT molecular complexity index is 1210. The van der Waals surface area contributed by atoms with E-state index >= 15 is 0 Å². The second kappa shape index (κ2) is 8.12. The lowest BCUT2D eigenvalue weighted by Gasteiger charge is -2.15. The summed E-state index contributed by atoms with van der Waals surface area (Å²) in [4.78, 5) is 21.4. The summed E-state index contributed by atoms with van der Waals surface area (Å²) in [5, 5.41) is 16.1. The van der Waals surface area contributed by atoms with E-state index in [0.29, 0.717) is 15.6 Å². The number of hydrogen-bond donors (Lipinski definition) is 2. The first-order valence-electron chi connectivity index (χ1n) is 9.43. The van der Waals surface area contributed by atoms with Crippen LogP contribution in [0.4, 0.5) is 19.1 Å². The smallest absolute Gasteiger partial charge is 0.406 e. The van der Waals surface area contributed by atoms with Crippen molar-refractivity contribution in [3.8, 4) is 17.0 Å². The van der Waals surface area contributed by atoms with E-state index in [0.717, 1.165) is 30.2 Å². The van der Waals surface area contributed by atoms with Crippen LogP contribution in [0.25, 0.3) is 5.13 Å². The van der Waals surface area contributed by atoms with E-state index in [-0.39, 0.29) is 23.3 Å². The Kier molecular flexibility index (Phi) is 5.47. The molecule has 13 heteroatoms. The molecule has 32 heavy (non-hydrogen) atoms. The Hall–Kier alpha value is -3.66. The van der Waals surface area contributed by atoms with Crippen LogP contribution in [-0.4, -0.2) is 32.0 Å². The number of carbonyl (C=O) groups is 1. The average Bonchev–Trinajstić information content (AvgIpc) is 3.33. The van der Waals surface area contributed by atoms with Gasteiger partial charge in [0.15, 0.2) is 5.82 Å². The zero-order valence-electron chi connectivity index (χ0n) is 16.6. The molecule has 0 spiro atoms. The Labute approximate surface area is 183 Å². The van der Waals surface area contributed by atoms with Crippen molar-refractivity contribution in [3.05, 3.63) is 46.2 Å². The first kappa shape index (κ1) is 21.6. The third-order valence-corrected chi connectivity index (χ3v) is 5.52. The lowest BCUT2D eigenvalue weighted by atomic mass is 10.1. The van der Waals surface area contributed by atoms with E-state index in [1.165, 1.54) is 16.9 Å². The maximum Gasteiger partial charge on any atom is 0.573 e. The SMILES string of the molecule is C[C@H](NC(=O)c1cc(OC(F)(F)F)cc(C2CC2)c1)c1nc(N)nn1-c1ncc(C#N)s1. The predicted molar refractivity (Wildman–Crippen MR) is 107 cm³/mol. The number of benzene rings is 1. The maximum absolute atomic E-state index is 12.9. The van der Waals surface area contributed by atoms with Crippen molar-refractivity contribution in [3.63, 3.8) is 0 Å². The maximum atomic E-state index is 12.9. The molecule has 1 aliphatic carbocycles. The number of nitrogens with two attached hydrogens (primary N) is 1. The summed E-state index contributed by atoms with van der Waals surface area (Å²) in [5.41, 5.74) is 6.35. The average molecular weight is 463 g/mol. The van der Waals surface area contributed by atoms with Gasteiger partial charge in [0.25, 0.3) is 5.91 Å². The molecular weight excluding hydrogens is 447 g/mol. The fourth-order valence-electron chi connectivity index (χ4n) is 3.12. The van der Waals surface area contributed by atoms with Crippen molar-refractivity contribution >= 4 is 23.2 Å². The van der Waals surface area contributed by atoms with Crippen molar-refractivity contribution in [2.45, 2.75) is 38.1 Å². The molecule has 2 aromatic heterocycles. The zero-order chi connectivity index (χ0) is 23.0. The summed E-state index contributed by atoms with van der Waals surface area (Å²) in [6, 6.07) is 5.15. The lowest BCUT2D eigenvalue weighted by Crippen LogP contribution is -2.29. The Morgan fingerprint density at radius 2 is 2.16 bits per heavy atom. The van der Waals surface area contributed by atoms with Crippen molar-refractivity contribution in [1.29, 1.82) is 5.26 Å². The topological polar surface area (TPSA) is 132 Å². The molecule has 0 radical (unpaired) electrons. The number of alkyl halides is 3. The Morgan fingerprint density at radius 3 is 2.78 bits per heavy atom. The van der Waals surface area contributed by atoms with Crippen LogP contribution in [0.2, 0.25) is 0 Å². The molecule has 0 unspecified atom stereocenters. The summed E-state index contributed by atoms with van der Waals surface area (Å²) >= 11 is 1.06. The quantitative estimate of drug-likeness (QED) is 0.572. The number of carbonyl (C=O) groups excluding carboxylic acids is 1. The second-order valence-corrected chi connectivity index (χ2v) is 8.18. The largest absolute Gasteiger partial charge is 0.573 e. The first-order valence-corrected chi connectivity index (χ1v) is 10.2. The molecule has 3 aromatic rings. The minimum Gasteiger partial charge on any atom is -0.406 e. The van der Waals surface area contributed by atoms with E-state index < -0.39 is 24.1 Å². The highest BCUT2D eigenvalue weighted by molar-refractivity contribution is 7.14. The molecule has 3 N–H and O–H groups in total. The van der Waals surface area contributed by atoms with E-state index in [2.05, 4.69) is 25.1 Å². The molecule has 9 nitrogen and oxygen atoms in total. The van der Waals surface area contributed by atoms with Crippen LogP contribution in [0, 0.1) is 11.3 Å². The van der Waals surface area contributed by atoms with Crippen molar-refractivity contribution in [1.82, 2.24) is 25.1 Å². The lowest BCUT2D eigenvalue weighted by molar-refractivity contribution is -0.274. The minimum atomic E-state index is -4.87. The number of nitrogen functional groups attached to an aromatic ring is 1.